The first kappa shape index (κ1) is 11.5. The number of nitrogens with zero attached hydrogens (tertiary/aromatic N) is 5. The topological polar surface area (TPSA) is 68.5 Å². The molecule has 0 fully saturated rings. The molecule has 0 saturated carbocycles. The lowest BCUT2D eigenvalue weighted by Gasteiger charge is -2.06. The van der Waals surface area contributed by atoms with Crippen molar-refractivity contribution < 1.29 is 0 Å². The first-order valence-electron chi connectivity index (χ1n) is 5.67. The highest BCUT2D eigenvalue weighted by molar-refractivity contribution is 5.55. The van der Waals surface area contributed by atoms with Gasteiger partial charge in [-0.3, -0.25) is 0 Å². The Morgan fingerprint density at radius 3 is 2.88 bits per heavy atom. The molecule has 17 heavy (non-hydrogen) atoms. The molecule has 0 amide bonds. The molecule has 0 radical (unpaired) electrons. The van der Waals surface area contributed by atoms with Crippen molar-refractivity contribution in [2.24, 2.45) is 0 Å². The first-order chi connectivity index (χ1) is 8.24. The molecule has 0 unspecified atom stereocenters. The van der Waals surface area contributed by atoms with Crippen LogP contribution < -0.4 is 5.32 Å². The van der Waals surface area contributed by atoms with Crippen LogP contribution in [-0.2, 0) is 6.54 Å². The predicted molar refractivity (Wildman–Crippen MR) is 65.6 cm³/mol. The molecule has 0 aliphatic carbocycles. The average Bonchev–Trinajstić information content (AvgIpc) is 2.77. The van der Waals surface area contributed by atoms with E-state index >= 15 is 0 Å². The second-order valence-corrected chi connectivity index (χ2v) is 3.81. The van der Waals surface area contributed by atoms with Crippen molar-refractivity contribution in [2.75, 3.05) is 12.4 Å². The second-order valence-electron chi connectivity index (χ2n) is 3.81. The van der Waals surface area contributed by atoms with Crippen LogP contribution in [0.15, 0.2) is 12.3 Å². The van der Waals surface area contributed by atoms with Gasteiger partial charge in [-0.15, -0.1) is 5.10 Å². The monoisotopic (exact) mass is 232 g/mol. The standard InChI is InChI=1S/C11H16N6/c1-4-5-17-10(7-13-16-17)9-6-8(2)14-11(12-3)15-9/h6-7H,4-5H2,1-3H3,(H,12,14,15). The fraction of sp³-hybridized carbons (Fsp3) is 0.455. The van der Waals surface area contributed by atoms with Gasteiger partial charge in [0.2, 0.25) is 5.95 Å². The van der Waals surface area contributed by atoms with Gasteiger partial charge < -0.3 is 5.32 Å². The molecule has 90 valence electrons. The van der Waals surface area contributed by atoms with Crippen molar-refractivity contribution in [2.45, 2.75) is 26.8 Å². The average molecular weight is 232 g/mol. The number of aromatic nitrogens is 5. The van der Waals surface area contributed by atoms with Crippen molar-refractivity contribution in [3.05, 3.63) is 18.0 Å². The second kappa shape index (κ2) is 4.90. The molecule has 0 aliphatic heterocycles. The van der Waals surface area contributed by atoms with Crippen LogP contribution >= 0.6 is 0 Å². The Kier molecular flexibility index (Phi) is 3.32. The maximum atomic E-state index is 4.41. The maximum Gasteiger partial charge on any atom is 0.223 e. The Balaban J connectivity index is 2.44. The number of aryl methyl sites for hydroxylation is 2. The first-order valence-corrected chi connectivity index (χ1v) is 5.67. The van der Waals surface area contributed by atoms with Crippen molar-refractivity contribution in [1.82, 2.24) is 25.0 Å². The highest BCUT2D eigenvalue weighted by atomic mass is 15.4. The Morgan fingerprint density at radius 2 is 2.18 bits per heavy atom. The van der Waals surface area contributed by atoms with Crippen LogP contribution in [0.4, 0.5) is 5.95 Å². The molecule has 0 aromatic carbocycles. The van der Waals surface area contributed by atoms with E-state index in [0.717, 1.165) is 30.0 Å². The lowest BCUT2D eigenvalue weighted by atomic mass is 10.2. The van der Waals surface area contributed by atoms with Gasteiger partial charge in [-0.25, -0.2) is 14.6 Å². The smallest absolute Gasteiger partial charge is 0.223 e. The molecule has 0 saturated heterocycles. The van der Waals surface area contributed by atoms with Gasteiger partial charge in [-0.1, -0.05) is 12.1 Å². The van der Waals surface area contributed by atoms with E-state index in [9.17, 15) is 0 Å². The van der Waals surface area contributed by atoms with Crippen molar-refractivity contribution in [3.8, 4) is 11.4 Å². The van der Waals surface area contributed by atoms with Gasteiger partial charge >= 0.3 is 0 Å². The third kappa shape index (κ3) is 2.41. The van der Waals surface area contributed by atoms with E-state index in [1.807, 2.05) is 17.7 Å². The van der Waals surface area contributed by atoms with Crippen LogP contribution in [0.3, 0.4) is 0 Å². The van der Waals surface area contributed by atoms with Gasteiger partial charge in [0.1, 0.15) is 5.69 Å². The molecular formula is C11H16N6. The van der Waals surface area contributed by atoms with E-state index in [2.05, 4.69) is 32.5 Å². The number of hydrogen-bond donors (Lipinski definition) is 1. The van der Waals surface area contributed by atoms with E-state index in [1.54, 1.807) is 13.2 Å². The van der Waals surface area contributed by atoms with Crippen LogP contribution in [0, 0.1) is 6.92 Å². The van der Waals surface area contributed by atoms with Crippen LogP contribution in [0.1, 0.15) is 19.0 Å². The molecule has 2 aromatic rings. The Morgan fingerprint density at radius 1 is 1.35 bits per heavy atom. The molecule has 6 heteroatoms. The number of rotatable bonds is 4. The summed E-state index contributed by atoms with van der Waals surface area (Å²) in [5.74, 6) is 0.615. The zero-order chi connectivity index (χ0) is 12.3. The van der Waals surface area contributed by atoms with Crippen molar-refractivity contribution in [1.29, 1.82) is 0 Å². The van der Waals surface area contributed by atoms with E-state index in [0.29, 0.717) is 5.95 Å². The summed E-state index contributed by atoms with van der Waals surface area (Å²) >= 11 is 0. The molecule has 2 rings (SSSR count). The fourth-order valence-electron chi connectivity index (χ4n) is 1.64. The third-order valence-corrected chi connectivity index (χ3v) is 2.39. The van der Waals surface area contributed by atoms with E-state index in [4.69, 9.17) is 0 Å². The van der Waals surface area contributed by atoms with Crippen LogP contribution in [0.2, 0.25) is 0 Å². The zero-order valence-electron chi connectivity index (χ0n) is 10.3. The SMILES string of the molecule is CCCn1nncc1-c1cc(C)nc(NC)n1. The van der Waals surface area contributed by atoms with E-state index < -0.39 is 0 Å². The molecular weight excluding hydrogens is 216 g/mol. The van der Waals surface area contributed by atoms with Crippen LogP contribution in [0.5, 0.6) is 0 Å². The Hall–Kier alpha value is -1.98. The Bertz CT molecular complexity index is 504. The zero-order valence-corrected chi connectivity index (χ0v) is 10.3. The van der Waals surface area contributed by atoms with Gasteiger partial charge in [0.15, 0.2) is 0 Å². The summed E-state index contributed by atoms with van der Waals surface area (Å²) in [6, 6.07) is 1.94. The highest BCUT2D eigenvalue weighted by Crippen LogP contribution is 2.18. The summed E-state index contributed by atoms with van der Waals surface area (Å²) in [5.41, 5.74) is 2.69. The molecule has 6 nitrogen and oxygen atoms in total. The quantitative estimate of drug-likeness (QED) is 0.865. The summed E-state index contributed by atoms with van der Waals surface area (Å²) in [5, 5.41) is 10.9. The highest BCUT2D eigenvalue weighted by Gasteiger charge is 2.09. The summed E-state index contributed by atoms with van der Waals surface area (Å²) in [7, 11) is 1.81. The molecule has 0 aliphatic rings. The Labute approximate surface area is 100 Å². The summed E-state index contributed by atoms with van der Waals surface area (Å²) in [4.78, 5) is 8.68. The van der Waals surface area contributed by atoms with Gasteiger partial charge in [-0.2, -0.15) is 0 Å². The molecule has 0 atom stereocenters. The molecule has 1 N–H and O–H groups in total. The normalized spacial score (nSPS) is 10.5. The van der Waals surface area contributed by atoms with E-state index in [1.165, 1.54) is 0 Å². The van der Waals surface area contributed by atoms with Gasteiger partial charge in [0, 0.05) is 19.3 Å². The maximum absolute atomic E-state index is 4.41. The molecule has 2 aromatic heterocycles. The number of anilines is 1. The largest absolute Gasteiger partial charge is 0.357 e. The summed E-state index contributed by atoms with van der Waals surface area (Å²) in [6.45, 7) is 4.89. The van der Waals surface area contributed by atoms with Crippen molar-refractivity contribution >= 4 is 5.95 Å². The number of hydrogen-bond acceptors (Lipinski definition) is 5. The predicted octanol–water partition coefficient (Wildman–Crippen LogP) is 1.50. The van der Waals surface area contributed by atoms with Gasteiger partial charge in [0.05, 0.1) is 11.9 Å². The van der Waals surface area contributed by atoms with Gasteiger partial charge in [-0.05, 0) is 19.4 Å². The number of nitrogens with one attached hydrogen (secondary N) is 1. The van der Waals surface area contributed by atoms with Crippen LogP contribution in [-0.4, -0.2) is 32.0 Å². The summed E-state index contributed by atoms with van der Waals surface area (Å²) in [6.07, 6.45) is 2.75. The minimum atomic E-state index is 0.615. The lowest BCUT2D eigenvalue weighted by Crippen LogP contribution is -2.05. The minimum Gasteiger partial charge on any atom is -0.357 e. The minimum absolute atomic E-state index is 0.615. The summed E-state index contributed by atoms with van der Waals surface area (Å²) < 4.78 is 1.86. The molecule has 0 spiro atoms. The molecule has 2 heterocycles. The van der Waals surface area contributed by atoms with Gasteiger partial charge in [0.25, 0.3) is 0 Å². The third-order valence-electron chi connectivity index (χ3n) is 2.39. The van der Waals surface area contributed by atoms with E-state index in [-0.39, 0.29) is 0 Å². The van der Waals surface area contributed by atoms with Crippen molar-refractivity contribution in [3.63, 3.8) is 0 Å². The van der Waals surface area contributed by atoms with Crippen LogP contribution in [0.25, 0.3) is 11.4 Å². The molecule has 0 bridgehead atoms. The fourth-order valence-corrected chi connectivity index (χ4v) is 1.64. The lowest BCUT2D eigenvalue weighted by molar-refractivity contribution is 0.583.